The molecule has 0 fully saturated rings. The minimum absolute atomic E-state index is 0.353. The Bertz CT molecular complexity index is 330. The van der Waals surface area contributed by atoms with Gasteiger partial charge in [0.15, 0.2) is 0 Å². The summed E-state index contributed by atoms with van der Waals surface area (Å²) in [6.45, 7) is 1.80. The fourth-order valence-electron chi connectivity index (χ4n) is 1.03. The number of aryl methyl sites for hydroxylation is 1. The second kappa shape index (κ2) is 3.39. The number of rotatable bonds is 1. The molecule has 4 heteroatoms. The summed E-state index contributed by atoms with van der Waals surface area (Å²) in [5.74, 6) is 0. The predicted molar refractivity (Wildman–Crippen MR) is 45.7 cm³/mol. The molecule has 3 nitrogen and oxygen atoms in total. The van der Waals surface area contributed by atoms with Crippen LogP contribution in [0.4, 0.5) is 0 Å². The van der Waals surface area contributed by atoms with Crippen LogP contribution in [0.15, 0.2) is 18.2 Å². The lowest BCUT2D eigenvalue weighted by Gasteiger charge is -2.00. The molecule has 0 amide bonds. The van der Waals surface area contributed by atoms with Crippen LogP contribution >= 0.6 is 0 Å². The van der Waals surface area contributed by atoms with Crippen LogP contribution in [0, 0.1) is 18.3 Å². The molecular formula is C8H8BNO2. The van der Waals surface area contributed by atoms with Gasteiger partial charge in [0, 0.05) is 0 Å². The molecule has 0 saturated carbocycles. The summed E-state index contributed by atoms with van der Waals surface area (Å²) in [7, 11) is -1.50. The number of nitriles is 1. The van der Waals surface area contributed by atoms with Crippen LogP contribution in [-0.4, -0.2) is 17.2 Å². The lowest BCUT2D eigenvalue weighted by molar-refractivity contribution is 0.425. The van der Waals surface area contributed by atoms with E-state index in [4.69, 9.17) is 15.3 Å². The zero-order valence-corrected chi connectivity index (χ0v) is 6.65. The summed E-state index contributed by atoms with van der Waals surface area (Å²) in [6.07, 6.45) is 0. The van der Waals surface area contributed by atoms with Crippen molar-refractivity contribution in [2.45, 2.75) is 6.92 Å². The van der Waals surface area contributed by atoms with Crippen molar-refractivity contribution in [3.63, 3.8) is 0 Å². The highest BCUT2D eigenvalue weighted by atomic mass is 16.4. The fraction of sp³-hybridized carbons (Fsp3) is 0.125. The van der Waals surface area contributed by atoms with E-state index in [1.165, 1.54) is 6.07 Å². The van der Waals surface area contributed by atoms with Crippen molar-refractivity contribution >= 4 is 12.6 Å². The van der Waals surface area contributed by atoms with Crippen LogP contribution in [0.3, 0.4) is 0 Å². The van der Waals surface area contributed by atoms with Gasteiger partial charge in [0.25, 0.3) is 0 Å². The molecule has 0 aliphatic rings. The van der Waals surface area contributed by atoms with Crippen molar-refractivity contribution in [1.29, 1.82) is 5.26 Å². The van der Waals surface area contributed by atoms with Gasteiger partial charge in [0.2, 0.25) is 0 Å². The first-order chi connectivity index (χ1) is 5.63. The summed E-state index contributed by atoms with van der Waals surface area (Å²) in [6, 6.07) is 6.71. The molecule has 0 aromatic heterocycles. The van der Waals surface area contributed by atoms with Crippen molar-refractivity contribution in [2.75, 3.05) is 0 Å². The smallest absolute Gasteiger partial charge is 0.423 e. The van der Waals surface area contributed by atoms with Crippen molar-refractivity contribution in [1.82, 2.24) is 0 Å². The standard InChI is InChI=1S/C8H8BNO2/c1-6-2-7(5-10)4-8(3-6)9(11)12/h2-4,11-12H,1H3. The van der Waals surface area contributed by atoms with Crippen molar-refractivity contribution in [2.24, 2.45) is 0 Å². The van der Waals surface area contributed by atoms with E-state index in [2.05, 4.69) is 0 Å². The Balaban J connectivity index is 3.17. The Morgan fingerprint density at radius 3 is 2.50 bits per heavy atom. The third-order valence-electron chi connectivity index (χ3n) is 1.53. The summed E-state index contributed by atoms with van der Waals surface area (Å²) < 4.78 is 0. The summed E-state index contributed by atoms with van der Waals surface area (Å²) in [5.41, 5.74) is 1.64. The van der Waals surface area contributed by atoms with Crippen LogP contribution in [0.2, 0.25) is 0 Å². The first-order valence-electron chi connectivity index (χ1n) is 3.51. The maximum absolute atomic E-state index is 8.81. The second-order valence-electron chi connectivity index (χ2n) is 2.62. The molecule has 1 rings (SSSR count). The Kier molecular flexibility index (Phi) is 2.49. The molecule has 2 N–H and O–H groups in total. The average Bonchev–Trinajstić information content (AvgIpc) is 2.03. The molecule has 1 aromatic rings. The van der Waals surface area contributed by atoms with Crippen LogP contribution in [0.5, 0.6) is 0 Å². The van der Waals surface area contributed by atoms with Gasteiger partial charge in [-0.2, -0.15) is 5.26 Å². The van der Waals surface area contributed by atoms with Crippen molar-refractivity contribution in [3.8, 4) is 6.07 Å². The predicted octanol–water partition coefficient (Wildman–Crippen LogP) is -0.454. The number of benzene rings is 1. The Morgan fingerprint density at radius 2 is 2.00 bits per heavy atom. The highest BCUT2D eigenvalue weighted by Gasteiger charge is 2.11. The van der Waals surface area contributed by atoms with Crippen LogP contribution in [0.1, 0.15) is 11.1 Å². The van der Waals surface area contributed by atoms with Gasteiger partial charge >= 0.3 is 7.12 Å². The molecule has 0 unspecified atom stereocenters. The summed E-state index contributed by atoms with van der Waals surface area (Å²) >= 11 is 0. The number of nitrogens with zero attached hydrogens (tertiary/aromatic N) is 1. The Labute approximate surface area is 71.0 Å². The van der Waals surface area contributed by atoms with E-state index in [1.807, 2.05) is 6.07 Å². The van der Waals surface area contributed by atoms with E-state index in [9.17, 15) is 0 Å². The fourth-order valence-corrected chi connectivity index (χ4v) is 1.03. The summed E-state index contributed by atoms with van der Waals surface area (Å²) in [5, 5.41) is 26.2. The summed E-state index contributed by atoms with van der Waals surface area (Å²) in [4.78, 5) is 0. The Morgan fingerprint density at radius 1 is 1.33 bits per heavy atom. The molecule has 1 aromatic carbocycles. The molecule has 12 heavy (non-hydrogen) atoms. The van der Waals surface area contributed by atoms with E-state index in [0.29, 0.717) is 11.0 Å². The molecule has 0 atom stereocenters. The normalized spacial score (nSPS) is 9.17. The third-order valence-corrected chi connectivity index (χ3v) is 1.53. The van der Waals surface area contributed by atoms with Gasteiger partial charge in [-0.1, -0.05) is 11.6 Å². The van der Waals surface area contributed by atoms with Crippen LogP contribution < -0.4 is 5.46 Å². The van der Waals surface area contributed by atoms with Gasteiger partial charge in [0.1, 0.15) is 0 Å². The highest BCUT2D eigenvalue weighted by Crippen LogP contribution is 2.00. The first kappa shape index (κ1) is 8.79. The monoisotopic (exact) mass is 161 g/mol. The Hall–Kier alpha value is -1.31. The lowest BCUT2D eigenvalue weighted by atomic mass is 9.79. The second-order valence-corrected chi connectivity index (χ2v) is 2.62. The number of hydrogen-bond donors (Lipinski definition) is 2. The molecule has 0 aliphatic heterocycles. The van der Waals surface area contributed by atoms with Crippen molar-refractivity contribution < 1.29 is 10.0 Å². The molecule has 0 aliphatic carbocycles. The van der Waals surface area contributed by atoms with Crippen molar-refractivity contribution in [3.05, 3.63) is 29.3 Å². The molecule has 0 spiro atoms. The third kappa shape index (κ3) is 1.85. The van der Waals surface area contributed by atoms with Gasteiger partial charge in [0.05, 0.1) is 11.6 Å². The van der Waals surface area contributed by atoms with Gasteiger partial charge in [-0.15, -0.1) is 0 Å². The zero-order chi connectivity index (χ0) is 9.14. The van der Waals surface area contributed by atoms with Crippen LogP contribution in [0.25, 0.3) is 0 Å². The number of hydrogen-bond acceptors (Lipinski definition) is 3. The van der Waals surface area contributed by atoms with Crippen LogP contribution in [-0.2, 0) is 0 Å². The van der Waals surface area contributed by atoms with E-state index < -0.39 is 7.12 Å². The molecule has 0 radical (unpaired) electrons. The zero-order valence-electron chi connectivity index (χ0n) is 6.65. The maximum Gasteiger partial charge on any atom is 0.488 e. The van der Waals surface area contributed by atoms with E-state index in [1.54, 1.807) is 19.1 Å². The largest absolute Gasteiger partial charge is 0.488 e. The first-order valence-corrected chi connectivity index (χ1v) is 3.51. The topological polar surface area (TPSA) is 64.2 Å². The van der Waals surface area contributed by atoms with Gasteiger partial charge in [-0.05, 0) is 24.5 Å². The molecule has 60 valence electrons. The molecule has 0 bridgehead atoms. The van der Waals surface area contributed by atoms with E-state index in [0.717, 1.165) is 5.56 Å². The maximum atomic E-state index is 8.81. The lowest BCUT2D eigenvalue weighted by Crippen LogP contribution is -2.30. The molecule has 0 heterocycles. The molecule has 0 saturated heterocycles. The van der Waals surface area contributed by atoms with E-state index in [-0.39, 0.29) is 0 Å². The minimum atomic E-state index is -1.50. The van der Waals surface area contributed by atoms with Gasteiger partial charge in [-0.25, -0.2) is 0 Å². The van der Waals surface area contributed by atoms with Gasteiger partial charge in [-0.3, -0.25) is 0 Å². The average molecular weight is 161 g/mol. The van der Waals surface area contributed by atoms with Gasteiger partial charge < -0.3 is 10.0 Å². The molecular weight excluding hydrogens is 153 g/mol. The highest BCUT2D eigenvalue weighted by molar-refractivity contribution is 6.58. The SMILES string of the molecule is Cc1cc(C#N)cc(B(O)O)c1. The quantitative estimate of drug-likeness (QED) is 0.548. The van der Waals surface area contributed by atoms with E-state index >= 15 is 0 Å². The minimum Gasteiger partial charge on any atom is -0.423 e.